The van der Waals surface area contributed by atoms with E-state index >= 15 is 0 Å². The van der Waals surface area contributed by atoms with Crippen LogP contribution in [0.2, 0.25) is 0 Å². The zero-order valence-electron chi connectivity index (χ0n) is 7.43. The summed E-state index contributed by atoms with van der Waals surface area (Å²) >= 11 is 0. The fourth-order valence-corrected chi connectivity index (χ4v) is 0.700. The molecule has 0 aromatic heterocycles. The zero-order chi connectivity index (χ0) is 8.53. The fourth-order valence-electron chi connectivity index (χ4n) is 0.700. The van der Waals surface area contributed by atoms with E-state index in [1.54, 1.807) is 0 Å². The summed E-state index contributed by atoms with van der Waals surface area (Å²) in [6, 6.07) is 0. The summed E-state index contributed by atoms with van der Waals surface area (Å²) in [6.45, 7) is 7.72. The molecule has 0 spiro atoms. The predicted molar refractivity (Wildman–Crippen MR) is 51.5 cm³/mol. The van der Waals surface area contributed by atoms with Crippen LogP contribution in [-0.4, -0.2) is 0 Å². The van der Waals surface area contributed by atoms with E-state index in [1.807, 2.05) is 6.08 Å². The average molecular weight is 148 g/mol. The molecule has 0 heterocycles. The van der Waals surface area contributed by atoms with E-state index in [0.717, 1.165) is 12.8 Å². The van der Waals surface area contributed by atoms with Crippen molar-refractivity contribution in [2.75, 3.05) is 0 Å². The standard InChI is InChI=1S/C11H16/c1-4-6-8-10-11(3)9-7-5-2/h6-7,9-10H,1,5,8H2,2-3H3. The molecule has 0 N–H and O–H groups in total. The quantitative estimate of drug-likeness (QED) is 0.422. The second-order valence-corrected chi connectivity index (χ2v) is 2.40. The summed E-state index contributed by atoms with van der Waals surface area (Å²) < 4.78 is 0. The van der Waals surface area contributed by atoms with E-state index < -0.39 is 0 Å². The van der Waals surface area contributed by atoms with Crippen molar-refractivity contribution in [3.8, 4) is 0 Å². The molecule has 0 nitrogen and oxygen atoms in total. The molecular formula is C11H16. The highest BCUT2D eigenvalue weighted by Gasteiger charge is 1.77. The molecular weight excluding hydrogens is 132 g/mol. The van der Waals surface area contributed by atoms with Gasteiger partial charge in [0, 0.05) is 0 Å². The van der Waals surface area contributed by atoms with Crippen LogP contribution in [0, 0.1) is 0 Å². The van der Waals surface area contributed by atoms with Gasteiger partial charge in [0.05, 0.1) is 0 Å². The summed E-state index contributed by atoms with van der Waals surface area (Å²) in [7, 11) is 0. The molecule has 0 radical (unpaired) electrons. The molecule has 60 valence electrons. The van der Waals surface area contributed by atoms with E-state index in [-0.39, 0.29) is 0 Å². The first-order valence-corrected chi connectivity index (χ1v) is 3.98. The molecule has 0 aliphatic heterocycles. The largest absolute Gasteiger partial charge is 0.133 e. The van der Waals surface area contributed by atoms with Crippen molar-refractivity contribution in [1.82, 2.24) is 0 Å². The number of hydrogen-bond donors (Lipinski definition) is 0. The normalized spacial score (nSPS) is 11.6. The first-order chi connectivity index (χ1) is 5.31. The maximum absolute atomic E-state index is 3.49. The van der Waals surface area contributed by atoms with E-state index in [4.69, 9.17) is 0 Å². The summed E-state index contributed by atoms with van der Waals surface area (Å²) in [5, 5.41) is 0. The monoisotopic (exact) mass is 148 g/mol. The Bertz CT molecular complexity index is 188. The lowest BCUT2D eigenvalue weighted by Gasteiger charge is -1.87. The Hall–Kier alpha value is -1.00. The van der Waals surface area contributed by atoms with E-state index in [2.05, 4.69) is 44.4 Å². The van der Waals surface area contributed by atoms with Gasteiger partial charge in [-0.25, -0.2) is 0 Å². The van der Waals surface area contributed by atoms with E-state index in [1.165, 1.54) is 5.57 Å². The van der Waals surface area contributed by atoms with Crippen LogP contribution in [-0.2, 0) is 0 Å². The minimum absolute atomic E-state index is 0.934. The van der Waals surface area contributed by atoms with Crippen LogP contribution in [0.15, 0.2) is 42.2 Å². The van der Waals surface area contributed by atoms with Crippen LogP contribution in [0.3, 0.4) is 0 Å². The van der Waals surface area contributed by atoms with Crippen LogP contribution < -0.4 is 0 Å². The van der Waals surface area contributed by atoms with Gasteiger partial charge in [-0.15, -0.1) is 5.73 Å². The summed E-state index contributed by atoms with van der Waals surface area (Å²) in [5.74, 6) is 0. The van der Waals surface area contributed by atoms with Crippen molar-refractivity contribution in [3.63, 3.8) is 0 Å². The van der Waals surface area contributed by atoms with Crippen molar-refractivity contribution in [3.05, 3.63) is 42.2 Å². The molecule has 0 aliphatic rings. The third kappa shape index (κ3) is 6.89. The van der Waals surface area contributed by atoms with Crippen LogP contribution >= 0.6 is 0 Å². The molecule has 0 aromatic rings. The van der Waals surface area contributed by atoms with Gasteiger partial charge in [-0.05, 0) is 25.8 Å². The third-order valence-electron chi connectivity index (χ3n) is 1.32. The average Bonchev–Trinajstić information content (AvgIpc) is 2.01. The van der Waals surface area contributed by atoms with Crippen molar-refractivity contribution in [2.24, 2.45) is 0 Å². The number of allylic oxidation sites excluding steroid dienone is 5. The third-order valence-corrected chi connectivity index (χ3v) is 1.32. The molecule has 0 unspecified atom stereocenters. The highest BCUT2D eigenvalue weighted by atomic mass is 13.8. The molecule has 0 aromatic carbocycles. The molecule has 0 fully saturated rings. The maximum atomic E-state index is 3.49. The molecule has 0 heteroatoms. The lowest BCUT2D eigenvalue weighted by Crippen LogP contribution is -1.67. The highest BCUT2D eigenvalue weighted by Crippen LogP contribution is 1.98. The van der Waals surface area contributed by atoms with Gasteiger partial charge >= 0.3 is 0 Å². The molecule has 0 saturated heterocycles. The van der Waals surface area contributed by atoms with Gasteiger partial charge in [0.25, 0.3) is 0 Å². The SMILES string of the molecule is C=C=CCC=C(C)C=CCC. The Kier molecular flexibility index (Phi) is 6.46. The van der Waals surface area contributed by atoms with Crippen molar-refractivity contribution in [2.45, 2.75) is 26.7 Å². The van der Waals surface area contributed by atoms with E-state index in [9.17, 15) is 0 Å². The van der Waals surface area contributed by atoms with Gasteiger partial charge in [-0.3, -0.25) is 0 Å². The van der Waals surface area contributed by atoms with Crippen molar-refractivity contribution >= 4 is 0 Å². The number of hydrogen-bond acceptors (Lipinski definition) is 0. The van der Waals surface area contributed by atoms with Gasteiger partial charge in [0.2, 0.25) is 0 Å². The Morgan fingerprint density at radius 3 is 2.82 bits per heavy atom. The smallest absolute Gasteiger partial charge is 0.00874 e. The van der Waals surface area contributed by atoms with Gasteiger partial charge in [0.15, 0.2) is 0 Å². The summed E-state index contributed by atoms with van der Waals surface area (Å²) in [6.07, 6.45) is 10.4. The molecule has 0 atom stereocenters. The molecule has 0 rings (SSSR count). The fraction of sp³-hybridized carbons (Fsp3) is 0.364. The maximum Gasteiger partial charge on any atom is -0.00874 e. The van der Waals surface area contributed by atoms with Gasteiger partial charge < -0.3 is 0 Å². The minimum atomic E-state index is 0.934. The predicted octanol–water partition coefficient (Wildman–Crippen LogP) is 3.63. The summed E-state index contributed by atoms with van der Waals surface area (Å²) in [5.41, 5.74) is 4.04. The first kappa shape index (κ1) is 10.0. The molecule has 11 heavy (non-hydrogen) atoms. The number of rotatable bonds is 4. The van der Waals surface area contributed by atoms with Gasteiger partial charge in [0.1, 0.15) is 0 Å². The minimum Gasteiger partial charge on any atom is -0.133 e. The second-order valence-electron chi connectivity index (χ2n) is 2.40. The second kappa shape index (κ2) is 7.11. The molecule has 0 bridgehead atoms. The van der Waals surface area contributed by atoms with Crippen molar-refractivity contribution in [1.29, 1.82) is 0 Å². The first-order valence-electron chi connectivity index (χ1n) is 3.98. The van der Waals surface area contributed by atoms with Crippen LogP contribution in [0.4, 0.5) is 0 Å². The van der Waals surface area contributed by atoms with E-state index in [0.29, 0.717) is 0 Å². The molecule has 0 amide bonds. The lowest BCUT2D eigenvalue weighted by molar-refractivity contribution is 1.21. The Balaban J connectivity index is 3.80. The molecule has 0 aliphatic carbocycles. The molecule has 0 saturated carbocycles. The van der Waals surface area contributed by atoms with Crippen LogP contribution in [0.1, 0.15) is 26.7 Å². The summed E-state index contributed by atoms with van der Waals surface area (Å²) in [4.78, 5) is 0. The lowest BCUT2D eigenvalue weighted by atomic mass is 10.2. The highest BCUT2D eigenvalue weighted by molar-refractivity contribution is 5.16. The topological polar surface area (TPSA) is 0 Å². The Labute approximate surface area is 69.6 Å². The Morgan fingerprint density at radius 1 is 1.55 bits per heavy atom. The van der Waals surface area contributed by atoms with Crippen LogP contribution in [0.25, 0.3) is 0 Å². The Morgan fingerprint density at radius 2 is 2.27 bits per heavy atom. The van der Waals surface area contributed by atoms with Gasteiger partial charge in [-0.2, -0.15) is 0 Å². The van der Waals surface area contributed by atoms with Crippen LogP contribution in [0.5, 0.6) is 0 Å². The zero-order valence-corrected chi connectivity index (χ0v) is 7.43. The van der Waals surface area contributed by atoms with Crippen molar-refractivity contribution < 1.29 is 0 Å². The van der Waals surface area contributed by atoms with Gasteiger partial charge in [-0.1, -0.05) is 37.3 Å².